The van der Waals surface area contributed by atoms with E-state index in [2.05, 4.69) is 5.32 Å². The number of amides is 2. The van der Waals surface area contributed by atoms with Crippen LogP contribution in [-0.4, -0.2) is 170 Å². The fourth-order valence-corrected chi connectivity index (χ4v) is 14.6. The number of nitrogens with one attached hydrogen (secondary N) is 1. The number of fused-ring (bicyclic) bond motifs is 7. The van der Waals surface area contributed by atoms with E-state index in [0.29, 0.717) is 23.4 Å². The zero-order chi connectivity index (χ0) is 62.2. The first-order valence-electron chi connectivity index (χ1n) is 27.7. The molecule has 0 aliphatic heterocycles. The SMILES string of the molecule is CNC(=O)C1=C(O)[C@H](N(C)C)[C@@H]2C[C@@H]3Cc4c(-c5ccc(CN(C)C)c6ccccc56)ccc(O)c4C(=O)C3=C(ON(C)[C@@H]3C(O)=C(C(N)=O)C(=O)[C@@]4(O)C(O)=C5C(=O)c6c(O)c(-c7cccc([N+](=O)Cl)c7)cc(N(C)C)c6C[C@H]5C[C@@H]34)[C@]2(O)C1=O. The largest absolute Gasteiger partial charge is 0.510 e. The highest BCUT2D eigenvalue weighted by atomic mass is 35.5. The first-order chi connectivity index (χ1) is 40.6. The van der Waals surface area contributed by atoms with Crippen molar-refractivity contribution in [2.24, 2.45) is 29.4 Å². The summed E-state index contributed by atoms with van der Waals surface area (Å²) < 4.78 is 0.0848. The zero-order valence-corrected chi connectivity index (χ0v) is 48.8. The minimum atomic E-state index is -3.29. The average molecular weight is 1190 g/mol. The number of aliphatic hydroxyl groups is 5. The molecule has 2 amide bonds. The number of halogens is 1. The number of carbonyl (C=O) groups is 6. The molecule has 0 radical (unpaired) electrons. The van der Waals surface area contributed by atoms with Crippen LogP contribution in [0.4, 0.5) is 11.4 Å². The number of aliphatic hydroxyl groups excluding tert-OH is 3. The number of phenolic OH excluding ortho intramolecular Hbond substituents is 2. The van der Waals surface area contributed by atoms with Crippen LogP contribution in [0.25, 0.3) is 33.0 Å². The summed E-state index contributed by atoms with van der Waals surface area (Å²) in [5.74, 6) is -17.9. The van der Waals surface area contributed by atoms with E-state index in [1.807, 2.05) is 55.4 Å². The Morgan fingerprint density at radius 3 is 1.94 bits per heavy atom. The van der Waals surface area contributed by atoms with Gasteiger partial charge >= 0.3 is 11.8 Å². The van der Waals surface area contributed by atoms with Crippen molar-refractivity contribution in [3.8, 4) is 33.8 Å². The van der Waals surface area contributed by atoms with E-state index in [1.54, 1.807) is 37.2 Å². The van der Waals surface area contributed by atoms with Crippen LogP contribution in [0.15, 0.2) is 124 Å². The Kier molecular flexibility index (Phi) is 14.4. The van der Waals surface area contributed by atoms with Crippen LogP contribution in [0.2, 0.25) is 0 Å². The number of anilines is 1. The monoisotopic (exact) mass is 1190 g/mol. The second-order valence-corrected chi connectivity index (χ2v) is 24.0. The molecule has 0 unspecified atom stereocenters. The summed E-state index contributed by atoms with van der Waals surface area (Å²) in [6.45, 7) is 0.615. The van der Waals surface area contributed by atoms with E-state index in [0.717, 1.165) is 34.0 Å². The zero-order valence-electron chi connectivity index (χ0n) is 48.1. The van der Waals surface area contributed by atoms with Crippen molar-refractivity contribution in [2.45, 2.75) is 55.5 Å². The first kappa shape index (κ1) is 59.0. The Hall–Kier alpha value is -8.77. The number of Topliss-reactive ketones (excluding diaryl/α,β-unsaturated/α-hetero) is 4. The minimum Gasteiger partial charge on any atom is -0.510 e. The van der Waals surface area contributed by atoms with Gasteiger partial charge in [0.25, 0.3) is 17.5 Å². The van der Waals surface area contributed by atoms with Crippen molar-refractivity contribution in [3.63, 3.8) is 0 Å². The maximum atomic E-state index is 15.8. The summed E-state index contributed by atoms with van der Waals surface area (Å²) in [7, 11) is 12.7. The number of ketones is 4. The van der Waals surface area contributed by atoms with Crippen LogP contribution < -0.4 is 16.0 Å². The molecule has 11 rings (SSSR count). The highest BCUT2D eigenvalue weighted by molar-refractivity contribution is 6.26. The van der Waals surface area contributed by atoms with Gasteiger partial charge in [0.15, 0.2) is 32.8 Å². The minimum absolute atomic E-state index is 0.00119. The van der Waals surface area contributed by atoms with Crippen molar-refractivity contribution >= 4 is 68.9 Å². The number of nitrogens with two attached hydrogens (primary N) is 1. The Labute approximate surface area is 497 Å². The van der Waals surface area contributed by atoms with Crippen LogP contribution in [0, 0.1) is 28.6 Å². The first-order valence-corrected chi connectivity index (χ1v) is 28.0. The Balaban J connectivity index is 1.09. The van der Waals surface area contributed by atoms with Gasteiger partial charge in [0.1, 0.15) is 46.0 Å². The molecule has 0 saturated carbocycles. The standard InChI is InChI=1S/C63H62ClN7O15/c1-66-61(82)48-55(77)49(69(6)7)39-24-30-21-37-35(34-17-16-28(26-67(2)3)32-14-9-10-15-33(32)34)18-19-42(72)45(37)53(75)44(30)59(63(39,84)58(48)80)86-70(8)50-40-23-29-22-38-41(68(4)5)25-36(27-12-11-13-31(20-27)71(64)85)51(73)46(38)52(74)43(29)56(78)62(40,83)57(79)47(54(50)76)60(65)81/h9-20,25,29-30,39-40,49-50,83-84H,21-24,26H2,1-8H3,(H7-,65,66,72,73,74,75,76,77,78,79,80,81,82)/p+1/t29-,30-,39-,40-,49+,50-,62-,63+/m0/s1. The number of nitrogens with zero attached hydrogens (tertiary/aromatic N) is 5. The third-order valence-electron chi connectivity index (χ3n) is 18.2. The van der Waals surface area contributed by atoms with Gasteiger partial charge in [0, 0.05) is 86.0 Å². The van der Waals surface area contributed by atoms with Crippen LogP contribution in [-0.2, 0) is 43.4 Å². The van der Waals surface area contributed by atoms with Gasteiger partial charge in [-0.3, -0.25) is 33.7 Å². The third kappa shape index (κ3) is 8.55. The van der Waals surface area contributed by atoms with Gasteiger partial charge in [-0.15, -0.1) is 5.06 Å². The lowest BCUT2D eigenvalue weighted by atomic mass is 9.58. The van der Waals surface area contributed by atoms with Gasteiger partial charge in [0.05, 0.1) is 17.2 Å². The molecule has 0 spiro atoms. The molecule has 6 aliphatic rings. The second kappa shape index (κ2) is 21.0. The number of rotatable bonds is 12. The van der Waals surface area contributed by atoms with Crippen molar-refractivity contribution < 1.29 is 73.6 Å². The van der Waals surface area contributed by atoms with Gasteiger partial charge in [-0.1, -0.05) is 54.6 Å². The molecule has 0 heterocycles. The van der Waals surface area contributed by atoms with E-state index in [1.165, 1.54) is 50.3 Å². The molecular weight excluding hydrogens is 1130 g/mol. The van der Waals surface area contributed by atoms with Crippen LogP contribution in [0.3, 0.4) is 0 Å². The third-order valence-corrected chi connectivity index (χ3v) is 18.4. The summed E-state index contributed by atoms with van der Waals surface area (Å²) >= 11 is 5.73. The smallest absolute Gasteiger partial charge is 0.324 e. The van der Waals surface area contributed by atoms with E-state index in [-0.39, 0.29) is 62.6 Å². The molecule has 6 aliphatic carbocycles. The van der Waals surface area contributed by atoms with Gasteiger partial charge in [0.2, 0.25) is 11.6 Å². The summed E-state index contributed by atoms with van der Waals surface area (Å²) in [5.41, 5.74) is -0.293. The molecule has 5 aromatic carbocycles. The Bertz CT molecular complexity index is 4050. The molecule has 0 bridgehead atoms. The maximum Gasteiger partial charge on any atom is 0.324 e. The molecule has 0 aromatic heterocycles. The molecule has 446 valence electrons. The predicted molar refractivity (Wildman–Crippen MR) is 314 cm³/mol. The number of allylic oxidation sites excluding steroid dienone is 2. The van der Waals surface area contributed by atoms with Gasteiger partial charge in [-0.2, -0.15) is 0 Å². The van der Waals surface area contributed by atoms with E-state index in [4.69, 9.17) is 22.3 Å². The number of benzene rings is 5. The normalized spacial score (nSPS) is 25.3. The molecule has 8 atom stereocenters. The fourth-order valence-electron chi connectivity index (χ4n) is 14.5. The Morgan fingerprint density at radius 1 is 0.709 bits per heavy atom. The number of hydrogen-bond donors (Lipinski definition) is 9. The molecule has 22 nitrogen and oxygen atoms in total. The summed E-state index contributed by atoms with van der Waals surface area (Å²) in [6.07, 6.45) is -0.887. The number of likely N-dealkylation sites (N-methyl/N-ethyl adjacent to an activating group) is 3. The molecule has 0 saturated heterocycles. The lowest BCUT2D eigenvalue weighted by molar-refractivity contribution is -0.291. The molecule has 0 fully saturated rings. The van der Waals surface area contributed by atoms with Crippen molar-refractivity contribution in [1.29, 1.82) is 0 Å². The van der Waals surface area contributed by atoms with E-state index in [9.17, 15) is 55.0 Å². The number of hydrogen-bond acceptors (Lipinski definition) is 19. The second-order valence-electron chi connectivity index (χ2n) is 23.7. The van der Waals surface area contributed by atoms with Crippen LogP contribution >= 0.6 is 11.8 Å². The molecule has 5 aromatic rings. The Morgan fingerprint density at radius 2 is 1.31 bits per heavy atom. The maximum absolute atomic E-state index is 15.8. The van der Waals surface area contributed by atoms with Crippen LogP contribution in [0.1, 0.15) is 50.2 Å². The topological polar surface area (TPSA) is 324 Å². The predicted octanol–water partition coefficient (Wildman–Crippen LogP) is 5.44. The average Bonchev–Trinajstić information content (AvgIpc) is 0.821. The summed E-state index contributed by atoms with van der Waals surface area (Å²) in [4.78, 5) is 112. The van der Waals surface area contributed by atoms with Crippen molar-refractivity contribution in [3.05, 3.63) is 157 Å². The molecule has 10 N–H and O–H groups in total. The van der Waals surface area contributed by atoms with Crippen LogP contribution in [0.5, 0.6) is 11.5 Å². The summed E-state index contributed by atoms with van der Waals surface area (Å²) in [6, 6.07) is 18.8. The van der Waals surface area contributed by atoms with Gasteiger partial charge < -0.3 is 61.4 Å². The van der Waals surface area contributed by atoms with Gasteiger partial charge in [-0.25, -0.2) is 0 Å². The quantitative estimate of drug-likeness (QED) is 0.0427. The lowest BCUT2D eigenvalue weighted by Gasteiger charge is -2.53. The van der Waals surface area contributed by atoms with Gasteiger partial charge in [-0.05, 0) is 122 Å². The number of nitroso groups, excluding NO2 is 1. The van der Waals surface area contributed by atoms with Crippen molar-refractivity contribution in [1.82, 2.24) is 20.2 Å². The molecular formula is C63H63ClN7O15+. The highest BCUT2D eigenvalue weighted by Crippen LogP contribution is 2.58. The fraction of sp³-hybridized carbons (Fsp3) is 0.333. The lowest BCUT2D eigenvalue weighted by Crippen LogP contribution is -2.66. The number of phenols is 2. The number of primary amides is 1. The van der Waals surface area contributed by atoms with E-state index < -0.39 is 140 Å². The number of hydroxylamine groups is 2. The molecule has 23 heteroatoms. The highest BCUT2D eigenvalue weighted by Gasteiger charge is 2.67. The summed E-state index contributed by atoms with van der Waals surface area (Å²) in [5, 5.41) is 92.3. The van der Waals surface area contributed by atoms with E-state index >= 15 is 14.4 Å². The number of carbonyl (C=O) groups excluding carboxylic acids is 6. The van der Waals surface area contributed by atoms with Crippen molar-refractivity contribution in [2.75, 3.05) is 61.3 Å². The number of aromatic hydroxyl groups is 2. The molecule has 86 heavy (non-hydrogen) atoms.